The van der Waals surface area contributed by atoms with Crippen molar-refractivity contribution < 1.29 is 4.79 Å². The summed E-state index contributed by atoms with van der Waals surface area (Å²) in [6.07, 6.45) is 2.89. The summed E-state index contributed by atoms with van der Waals surface area (Å²) in [6.45, 7) is 3.69. The topological polar surface area (TPSA) is 42.9 Å². The summed E-state index contributed by atoms with van der Waals surface area (Å²) in [6, 6.07) is 25.6. The van der Waals surface area contributed by atoms with E-state index in [2.05, 4.69) is 6.58 Å². The maximum atomic E-state index is 12.4. The molecule has 28 heavy (non-hydrogen) atoms. The van der Waals surface area contributed by atoms with Crippen LogP contribution >= 0.6 is 0 Å². The van der Waals surface area contributed by atoms with Gasteiger partial charge in [-0.05, 0) is 24.6 Å². The molecule has 0 atom stereocenters. The van der Waals surface area contributed by atoms with E-state index in [9.17, 15) is 4.79 Å². The lowest BCUT2D eigenvalue weighted by Crippen LogP contribution is -2.00. The largest absolute Gasteiger partial charge is 0.294 e. The zero-order valence-corrected chi connectivity index (χ0v) is 15.5. The molecule has 1 aromatic heterocycles. The standard InChI is InChI=1S/C25H20N2O/c1-2-3-14-23(28)20-15-16-21-22(17-20)27-25(19-12-8-5-9-13-19)24(26-21)18-10-6-4-7-11-18/h2,4-13,15-17H,1,3,14H2. The molecule has 0 radical (unpaired) electrons. The van der Waals surface area contributed by atoms with Crippen LogP contribution < -0.4 is 0 Å². The molecule has 0 fully saturated rings. The Morgan fingerprint density at radius 1 is 0.786 bits per heavy atom. The number of hydrogen-bond acceptors (Lipinski definition) is 3. The summed E-state index contributed by atoms with van der Waals surface area (Å²) in [5, 5.41) is 0. The van der Waals surface area contributed by atoms with Gasteiger partial charge < -0.3 is 0 Å². The molecule has 0 saturated heterocycles. The number of carbonyl (C=O) groups is 1. The molecule has 0 aliphatic heterocycles. The highest BCUT2D eigenvalue weighted by Gasteiger charge is 2.14. The van der Waals surface area contributed by atoms with Crippen LogP contribution in [0.3, 0.4) is 0 Å². The minimum atomic E-state index is 0.0944. The van der Waals surface area contributed by atoms with E-state index in [0.29, 0.717) is 18.4 Å². The van der Waals surface area contributed by atoms with Gasteiger partial charge in [-0.1, -0.05) is 66.7 Å². The van der Waals surface area contributed by atoms with Crippen molar-refractivity contribution in [1.82, 2.24) is 9.97 Å². The van der Waals surface area contributed by atoms with Gasteiger partial charge in [-0.25, -0.2) is 9.97 Å². The van der Waals surface area contributed by atoms with Crippen molar-refractivity contribution in [2.24, 2.45) is 0 Å². The predicted molar refractivity (Wildman–Crippen MR) is 114 cm³/mol. The Kier molecular flexibility index (Phi) is 5.07. The Balaban J connectivity index is 1.89. The SMILES string of the molecule is C=CCCC(=O)c1ccc2nc(-c3ccccc3)c(-c3ccccc3)nc2c1. The molecular weight excluding hydrogens is 344 g/mol. The van der Waals surface area contributed by atoms with Gasteiger partial charge in [0.25, 0.3) is 0 Å². The van der Waals surface area contributed by atoms with Crippen molar-refractivity contribution in [2.75, 3.05) is 0 Å². The highest BCUT2D eigenvalue weighted by Crippen LogP contribution is 2.31. The second-order valence-corrected chi connectivity index (χ2v) is 6.61. The molecule has 3 nitrogen and oxygen atoms in total. The van der Waals surface area contributed by atoms with Crippen LogP contribution in [0.25, 0.3) is 33.5 Å². The monoisotopic (exact) mass is 364 g/mol. The zero-order valence-electron chi connectivity index (χ0n) is 15.5. The van der Waals surface area contributed by atoms with Crippen LogP contribution in [0.5, 0.6) is 0 Å². The first-order chi connectivity index (χ1) is 13.8. The molecular formula is C25H20N2O. The second kappa shape index (κ2) is 7.97. The minimum absolute atomic E-state index is 0.0944. The molecule has 0 bridgehead atoms. The Morgan fingerprint density at radius 3 is 1.93 bits per heavy atom. The molecule has 4 rings (SSSR count). The fourth-order valence-corrected chi connectivity index (χ4v) is 3.20. The number of rotatable bonds is 6. The lowest BCUT2D eigenvalue weighted by atomic mass is 10.0. The van der Waals surface area contributed by atoms with Gasteiger partial charge in [0.1, 0.15) is 0 Å². The van der Waals surface area contributed by atoms with Crippen LogP contribution in [0.1, 0.15) is 23.2 Å². The van der Waals surface area contributed by atoms with E-state index < -0.39 is 0 Å². The molecule has 3 aromatic carbocycles. The molecule has 1 heterocycles. The number of aromatic nitrogens is 2. The van der Waals surface area contributed by atoms with Gasteiger partial charge in [0.15, 0.2) is 5.78 Å². The highest BCUT2D eigenvalue weighted by molar-refractivity contribution is 5.99. The second-order valence-electron chi connectivity index (χ2n) is 6.61. The number of nitrogens with zero attached hydrogens (tertiary/aromatic N) is 2. The van der Waals surface area contributed by atoms with Crippen LogP contribution in [0.4, 0.5) is 0 Å². The molecule has 0 amide bonds. The van der Waals surface area contributed by atoms with Gasteiger partial charge in [0, 0.05) is 23.1 Å². The van der Waals surface area contributed by atoms with E-state index in [1.54, 1.807) is 6.08 Å². The average molecular weight is 364 g/mol. The lowest BCUT2D eigenvalue weighted by molar-refractivity contribution is 0.0984. The number of carbonyl (C=O) groups excluding carboxylic acids is 1. The molecule has 3 heteroatoms. The number of Topliss-reactive ketones (excluding diaryl/α,β-unsaturated/α-hetero) is 1. The van der Waals surface area contributed by atoms with Gasteiger partial charge in [-0.3, -0.25) is 4.79 Å². The predicted octanol–water partition coefficient (Wildman–Crippen LogP) is 6.11. The fourth-order valence-electron chi connectivity index (χ4n) is 3.20. The molecule has 0 N–H and O–H groups in total. The van der Waals surface area contributed by atoms with Crippen molar-refractivity contribution >= 4 is 16.8 Å². The van der Waals surface area contributed by atoms with Gasteiger partial charge in [0.05, 0.1) is 22.4 Å². The Morgan fingerprint density at radius 2 is 1.36 bits per heavy atom. The van der Waals surface area contributed by atoms with Crippen molar-refractivity contribution in [3.05, 3.63) is 97.1 Å². The first kappa shape index (κ1) is 17.8. The van der Waals surface area contributed by atoms with E-state index in [0.717, 1.165) is 33.5 Å². The molecule has 0 spiro atoms. The van der Waals surface area contributed by atoms with Gasteiger partial charge >= 0.3 is 0 Å². The van der Waals surface area contributed by atoms with Crippen LogP contribution in [0.2, 0.25) is 0 Å². The normalized spacial score (nSPS) is 10.7. The number of allylic oxidation sites excluding steroid dienone is 1. The molecule has 4 aromatic rings. The smallest absolute Gasteiger partial charge is 0.163 e. The van der Waals surface area contributed by atoms with Gasteiger partial charge in [-0.2, -0.15) is 0 Å². The third kappa shape index (κ3) is 3.60. The van der Waals surface area contributed by atoms with Crippen molar-refractivity contribution in [2.45, 2.75) is 12.8 Å². The van der Waals surface area contributed by atoms with Gasteiger partial charge in [-0.15, -0.1) is 6.58 Å². The number of ketones is 1. The quantitative estimate of drug-likeness (QED) is 0.306. The fraction of sp³-hybridized carbons (Fsp3) is 0.0800. The van der Waals surface area contributed by atoms with E-state index in [4.69, 9.17) is 9.97 Å². The summed E-state index contributed by atoms with van der Waals surface area (Å²) < 4.78 is 0. The molecule has 0 unspecified atom stereocenters. The van der Waals surface area contributed by atoms with Crippen molar-refractivity contribution in [3.8, 4) is 22.5 Å². The zero-order chi connectivity index (χ0) is 19.3. The summed E-state index contributed by atoms with van der Waals surface area (Å²) in [4.78, 5) is 22.2. The maximum absolute atomic E-state index is 12.4. The van der Waals surface area contributed by atoms with Crippen LogP contribution in [-0.4, -0.2) is 15.8 Å². The summed E-state index contributed by atoms with van der Waals surface area (Å²) in [5.41, 5.74) is 5.83. The van der Waals surface area contributed by atoms with Crippen LogP contribution in [-0.2, 0) is 0 Å². The molecule has 0 saturated carbocycles. The lowest BCUT2D eigenvalue weighted by Gasteiger charge is -2.11. The molecule has 136 valence electrons. The summed E-state index contributed by atoms with van der Waals surface area (Å²) in [7, 11) is 0. The minimum Gasteiger partial charge on any atom is -0.294 e. The van der Waals surface area contributed by atoms with Gasteiger partial charge in [0.2, 0.25) is 0 Å². The summed E-state index contributed by atoms with van der Waals surface area (Å²) >= 11 is 0. The average Bonchev–Trinajstić information content (AvgIpc) is 2.77. The summed E-state index contributed by atoms with van der Waals surface area (Å²) in [5.74, 6) is 0.0944. The van der Waals surface area contributed by atoms with Crippen LogP contribution in [0, 0.1) is 0 Å². The van der Waals surface area contributed by atoms with E-state index >= 15 is 0 Å². The first-order valence-electron chi connectivity index (χ1n) is 9.33. The van der Waals surface area contributed by atoms with Crippen molar-refractivity contribution in [3.63, 3.8) is 0 Å². The van der Waals surface area contributed by atoms with Crippen molar-refractivity contribution in [1.29, 1.82) is 0 Å². The number of hydrogen-bond donors (Lipinski definition) is 0. The Labute approximate surface area is 164 Å². The third-order valence-electron chi connectivity index (χ3n) is 4.66. The van der Waals surface area contributed by atoms with E-state index in [-0.39, 0.29) is 5.78 Å². The third-order valence-corrected chi connectivity index (χ3v) is 4.66. The Hall–Kier alpha value is -3.59. The highest BCUT2D eigenvalue weighted by atomic mass is 16.1. The maximum Gasteiger partial charge on any atom is 0.163 e. The Bertz CT molecular complexity index is 1140. The molecule has 0 aliphatic carbocycles. The van der Waals surface area contributed by atoms with Crippen LogP contribution in [0.15, 0.2) is 91.5 Å². The number of fused-ring (bicyclic) bond motifs is 1. The van der Waals surface area contributed by atoms with E-state index in [1.807, 2.05) is 78.9 Å². The first-order valence-corrected chi connectivity index (χ1v) is 9.33. The molecule has 0 aliphatic rings. The number of benzene rings is 3. The van der Waals surface area contributed by atoms with E-state index in [1.165, 1.54) is 0 Å².